The molecule has 1 spiro atoms. The Morgan fingerprint density at radius 1 is 1.23 bits per heavy atom. The quantitative estimate of drug-likeness (QED) is 0.347. The van der Waals surface area contributed by atoms with E-state index in [0.29, 0.717) is 15.7 Å². The lowest BCUT2D eigenvalue weighted by atomic mass is 9.67. The van der Waals surface area contributed by atoms with Gasteiger partial charge in [0.1, 0.15) is 29.3 Å². The molecular formula is C21H23BrN2O7. The molecule has 1 atom stereocenters. The maximum atomic E-state index is 13.4. The minimum absolute atomic E-state index is 0.0264. The van der Waals surface area contributed by atoms with Gasteiger partial charge in [0.2, 0.25) is 0 Å². The number of ether oxygens (including phenoxy) is 4. The van der Waals surface area contributed by atoms with Gasteiger partial charge in [-0.15, -0.1) is 0 Å². The Labute approximate surface area is 187 Å². The summed E-state index contributed by atoms with van der Waals surface area (Å²) in [5.74, 6) is -2.62. The number of hydrogen-bond acceptors (Lipinski definition) is 9. The van der Waals surface area contributed by atoms with Crippen LogP contribution < -0.4 is 11.1 Å². The molecule has 2 aliphatic heterocycles. The molecule has 0 aromatic heterocycles. The maximum absolute atomic E-state index is 13.4. The van der Waals surface area contributed by atoms with E-state index in [1.165, 1.54) is 14.0 Å². The van der Waals surface area contributed by atoms with Crippen molar-refractivity contribution in [3.63, 3.8) is 0 Å². The number of carbonyl (C=O) groups excluding carboxylic acids is 3. The highest BCUT2D eigenvalue weighted by atomic mass is 79.9. The van der Waals surface area contributed by atoms with Gasteiger partial charge in [0, 0.05) is 22.8 Å². The van der Waals surface area contributed by atoms with E-state index in [9.17, 15) is 14.4 Å². The van der Waals surface area contributed by atoms with Crippen molar-refractivity contribution in [2.24, 2.45) is 5.73 Å². The first-order chi connectivity index (χ1) is 14.6. The van der Waals surface area contributed by atoms with Gasteiger partial charge in [0.15, 0.2) is 5.41 Å². The third-order valence-corrected chi connectivity index (χ3v) is 5.34. The largest absolute Gasteiger partial charge is 0.460 e. The van der Waals surface area contributed by atoms with Crippen LogP contribution in [0.25, 0.3) is 0 Å². The Kier molecular flexibility index (Phi) is 6.42. The molecule has 3 N–H and O–H groups in total. The van der Waals surface area contributed by atoms with Crippen LogP contribution in [0.3, 0.4) is 0 Å². The summed E-state index contributed by atoms with van der Waals surface area (Å²) in [6.45, 7) is 4.89. The fourth-order valence-electron chi connectivity index (χ4n) is 3.71. The molecular weight excluding hydrogens is 472 g/mol. The highest BCUT2D eigenvalue weighted by Crippen LogP contribution is 2.53. The van der Waals surface area contributed by atoms with Gasteiger partial charge >= 0.3 is 17.9 Å². The van der Waals surface area contributed by atoms with Gasteiger partial charge < -0.3 is 30.0 Å². The number of halogens is 1. The molecule has 0 unspecified atom stereocenters. The summed E-state index contributed by atoms with van der Waals surface area (Å²) in [7, 11) is 1.46. The number of nitrogens with two attached hydrogens (primary N) is 1. The van der Waals surface area contributed by atoms with Gasteiger partial charge in [0.05, 0.1) is 12.7 Å². The zero-order chi connectivity index (χ0) is 22.9. The molecule has 9 nitrogen and oxygen atoms in total. The van der Waals surface area contributed by atoms with E-state index in [1.54, 1.807) is 32.0 Å². The Bertz CT molecular complexity index is 1010. The molecule has 0 amide bonds. The molecule has 0 saturated heterocycles. The zero-order valence-corrected chi connectivity index (χ0v) is 19.1. The Morgan fingerprint density at radius 2 is 1.94 bits per heavy atom. The number of fused-ring (bicyclic) bond motifs is 2. The minimum atomic E-state index is -1.95. The van der Waals surface area contributed by atoms with Crippen LogP contribution in [-0.2, 0) is 38.7 Å². The number of nitrogens with one attached hydrogen (secondary N) is 1. The number of carbonyl (C=O) groups is 3. The summed E-state index contributed by atoms with van der Waals surface area (Å²) in [4.78, 5) is 39.7. The summed E-state index contributed by atoms with van der Waals surface area (Å²) in [5, 5.41) is 2.92. The molecule has 1 aromatic carbocycles. The standard InChI is InChI=1S/C21H23BrN2O7/c1-10(2)30-19(26)15-11(3)31-20(27)21(15)13-9-12(22)5-6-14(13)24-17(23)16(21)18(25)29-8-7-28-4/h5-6,9-10,24H,7-8,23H2,1-4H3/t21-/m1/s1. The number of benzene rings is 1. The second-order valence-corrected chi connectivity index (χ2v) is 8.17. The van der Waals surface area contributed by atoms with Gasteiger partial charge in [0.25, 0.3) is 0 Å². The average molecular weight is 495 g/mol. The molecule has 10 heteroatoms. The SMILES string of the molecule is COCCOC(=O)C1=C(N)Nc2ccc(Br)cc2[C@]12C(=O)OC(C)=C2C(=O)OC(C)C. The molecule has 166 valence electrons. The molecule has 0 aliphatic carbocycles. The van der Waals surface area contributed by atoms with Gasteiger partial charge in [-0.1, -0.05) is 15.9 Å². The summed E-state index contributed by atoms with van der Waals surface area (Å²) in [5.41, 5.74) is 4.65. The van der Waals surface area contributed by atoms with Crippen molar-refractivity contribution in [1.82, 2.24) is 0 Å². The van der Waals surface area contributed by atoms with Crippen LogP contribution in [0.5, 0.6) is 0 Å². The van der Waals surface area contributed by atoms with Gasteiger partial charge in [-0.25, -0.2) is 14.4 Å². The zero-order valence-electron chi connectivity index (χ0n) is 17.5. The van der Waals surface area contributed by atoms with Crippen molar-refractivity contribution in [1.29, 1.82) is 0 Å². The van der Waals surface area contributed by atoms with E-state index in [2.05, 4.69) is 21.2 Å². The lowest BCUT2D eigenvalue weighted by molar-refractivity contribution is -0.148. The predicted octanol–water partition coefficient (Wildman–Crippen LogP) is 2.25. The van der Waals surface area contributed by atoms with Crippen LogP contribution in [0.4, 0.5) is 5.69 Å². The lowest BCUT2D eigenvalue weighted by Crippen LogP contribution is -2.48. The summed E-state index contributed by atoms with van der Waals surface area (Å²) < 4.78 is 21.6. The highest BCUT2D eigenvalue weighted by Gasteiger charge is 2.63. The predicted molar refractivity (Wildman–Crippen MR) is 114 cm³/mol. The van der Waals surface area contributed by atoms with E-state index in [0.717, 1.165) is 0 Å². The number of rotatable bonds is 6. The average Bonchev–Trinajstić information content (AvgIpc) is 2.92. The normalized spacial score (nSPS) is 20.0. The van der Waals surface area contributed by atoms with Gasteiger partial charge in [-0.05, 0) is 39.0 Å². The van der Waals surface area contributed by atoms with E-state index < -0.39 is 29.4 Å². The molecule has 0 saturated carbocycles. The molecule has 0 bridgehead atoms. The number of esters is 3. The van der Waals surface area contributed by atoms with E-state index >= 15 is 0 Å². The second-order valence-electron chi connectivity index (χ2n) is 7.26. The first-order valence-electron chi connectivity index (χ1n) is 9.52. The molecule has 0 radical (unpaired) electrons. The first kappa shape index (κ1) is 22.8. The molecule has 2 heterocycles. The molecule has 2 aliphatic rings. The van der Waals surface area contributed by atoms with Crippen LogP contribution >= 0.6 is 15.9 Å². The van der Waals surface area contributed by atoms with Crippen molar-refractivity contribution in [2.75, 3.05) is 25.6 Å². The molecule has 3 rings (SSSR count). The summed E-state index contributed by atoms with van der Waals surface area (Å²) in [6.07, 6.45) is -0.470. The van der Waals surface area contributed by atoms with Crippen LogP contribution in [-0.4, -0.2) is 44.3 Å². The Balaban J connectivity index is 2.29. The van der Waals surface area contributed by atoms with Crippen molar-refractivity contribution in [2.45, 2.75) is 32.3 Å². The van der Waals surface area contributed by atoms with Gasteiger partial charge in [-0.2, -0.15) is 0 Å². The van der Waals surface area contributed by atoms with Crippen LogP contribution in [0.2, 0.25) is 0 Å². The van der Waals surface area contributed by atoms with E-state index in [1.807, 2.05) is 0 Å². The third kappa shape index (κ3) is 3.81. The fraction of sp³-hybridized carbons (Fsp3) is 0.381. The number of anilines is 1. The van der Waals surface area contributed by atoms with Crippen LogP contribution in [0.15, 0.2) is 45.4 Å². The Morgan fingerprint density at radius 3 is 2.58 bits per heavy atom. The fourth-order valence-corrected chi connectivity index (χ4v) is 4.07. The third-order valence-electron chi connectivity index (χ3n) is 4.85. The van der Waals surface area contributed by atoms with Crippen LogP contribution in [0.1, 0.15) is 26.3 Å². The van der Waals surface area contributed by atoms with Crippen molar-refractivity contribution >= 4 is 39.5 Å². The lowest BCUT2D eigenvalue weighted by Gasteiger charge is -2.36. The highest BCUT2D eigenvalue weighted by molar-refractivity contribution is 9.10. The van der Waals surface area contributed by atoms with Crippen molar-refractivity contribution < 1.29 is 33.3 Å². The molecule has 0 fully saturated rings. The molecule has 1 aromatic rings. The van der Waals surface area contributed by atoms with Crippen molar-refractivity contribution in [3.05, 3.63) is 51.0 Å². The second kappa shape index (κ2) is 8.72. The smallest absolute Gasteiger partial charge is 0.339 e. The number of cyclic esters (lactones) is 1. The summed E-state index contributed by atoms with van der Waals surface area (Å²) >= 11 is 3.38. The maximum Gasteiger partial charge on any atom is 0.339 e. The van der Waals surface area contributed by atoms with E-state index in [-0.39, 0.29) is 35.9 Å². The van der Waals surface area contributed by atoms with Crippen molar-refractivity contribution in [3.8, 4) is 0 Å². The van der Waals surface area contributed by atoms with Gasteiger partial charge in [-0.3, -0.25) is 0 Å². The number of hydrogen-bond donors (Lipinski definition) is 2. The van der Waals surface area contributed by atoms with E-state index in [4.69, 9.17) is 24.7 Å². The first-order valence-corrected chi connectivity index (χ1v) is 10.3. The number of methoxy groups -OCH3 is 1. The monoisotopic (exact) mass is 494 g/mol. The van der Waals surface area contributed by atoms with Crippen LogP contribution in [0, 0.1) is 0 Å². The summed E-state index contributed by atoms with van der Waals surface area (Å²) in [6, 6.07) is 5.03. The number of allylic oxidation sites excluding steroid dienone is 1. The minimum Gasteiger partial charge on any atom is -0.460 e. The molecule has 31 heavy (non-hydrogen) atoms. The topological polar surface area (TPSA) is 126 Å². The Hall–Kier alpha value is -2.85.